The Hall–Kier alpha value is -1.75. The molecule has 1 N–H and O–H groups in total. The Bertz CT molecular complexity index is 597. The van der Waals surface area contributed by atoms with Gasteiger partial charge in [-0.15, -0.1) is 0 Å². The summed E-state index contributed by atoms with van der Waals surface area (Å²) in [7, 11) is -0.421. The monoisotopic (exact) mass is 352 g/mol. The lowest BCUT2D eigenvalue weighted by Gasteiger charge is -2.20. The van der Waals surface area contributed by atoms with Gasteiger partial charge in [-0.2, -0.15) is 4.37 Å². The average Bonchev–Trinajstić information content (AvgIpc) is 2.84. The minimum atomic E-state index is -3.57. The highest BCUT2D eigenvalue weighted by molar-refractivity contribution is 7.92. The van der Waals surface area contributed by atoms with Gasteiger partial charge in [-0.1, -0.05) is 13.8 Å². The summed E-state index contributed by atoms with van der Waals surface area (Å²) in [5, 5.41) is 7.11. The van der Waals surface area contributed by atoms with Crippen molar-refractivity contribution >= 4 is 39.1 Å². The van der Waals surface area contributed by atoms with Crippen molar-refractivity contribution in [2.75, 3.05) is 31.2 Å². The standard InChI is InChI=1S/C10H18N4O3S2.CH2O2/c1-7(2)9-11-10(18-12-9)14(19(5,16)17)6-8(15)13(3)4;2-1-3/h7H,6H2,1-5H3;1H,(H,2,3). The molecule has 126 valence electrons. The van der Waals surface area contributed by atoms with E-state index in [2.05, 4.69) is 9.36 Å². The van der Waals surface area contributed by atoms with E-state index in [9.17, 15) is 13.2 Å². The summed E-state index contributed by atoms with van der Waals surface area (Å²) in [6, 6.07) is 0. The zero-order chi connectivity index (χ0) is 17.5. The van der Waals surface area contributed by atoms with Crippen LogP contribution in [0.2, 0.25) is 0 Å². The van der Waals surface area contributed by atoms with Gasteiger partial charge in [0, 0.05) is 31.5 Å². The largest absolute Gasteiger partial charge is 0.483 e. The van der Waals surface area contributed by atoms with E-state index in [1.807, 2.05) is 13.8 Å². The first kappa shape index (κ1) is 20.2. The van der Waals surface area contributed by atoms with Crippen LogP contribution in [0, 0.1) is 0 Å². The fourth-order valence-corrected chi connectivity index (χ4v) is 3.05. The summed E-state index contributed by atoms with van der Waals surface area (Å²) in [6.07, 6.45) is 1.05. The molecule has 1 aromatic heterocycles. The third kappa shape index (κ3) is 6.35. The topological polar surface area (TPSA) is 121 Å². The van der Waals surface area contributed by atoms with Crippen molar-refractivity contribution in [1.29, 1.82) is 0 Å². The number of likely N-dealkylation sites (N-methyl/N-ethyl adjacent to an activating group) is 1. The number of carbonyl (C=O) groups is 2. The summed E-state index contributed by atoms with van der Waals surface area (Å²) < 4.78 is 28.6. The van der Waals surface area contributed by atoms with Gasteiger partial charge in [0.1, 0.15) is 12.4 Å². The number of amides is 1. The third-order valence-electron chi connectivity index (χ3n) is 2.34. The highest BCUT2D eigenvalue weighted by atomic mass is 32.2. The SMILES string of the molecule is CC(C)c1nsc(N(CC(=O)N(C)C)S(C)(=O)=O)n1.O=CO. The molecule has 0 spiro atoms. The first-order valence-corrected chi connectivity index (χ1v) is 8.76. The maximum absolute atomic E-state index is 11.8. The lowest BCUT2D eigenvalue weighted by molar-refractivity contribution is -0.127. The van der Waals surface area contributed by atoms with Crippen molar-refractivity contribution in [3.8, 4) is 0 Å². The Morgan fingerprint density at radius 1 is 1.41 bits per heavy atom. The molecular formula is C11H20N4O5S2. The van der Waals surface area contributed by atoms with Crippen molar-refractivity contribution < 1.29 is 23.1 Å². The van der Waals surface area contributed by atoms with Crippen molar-refractivity contribution in [3.63, 3.8) is 0 Å². The molecule has 0 aliphatic rings. The van der Waals surface area contributed by atoms with Gasteiger partial charge in [-0.25, -0.2) is 17.7 Å². The molecule has 1 aromatic rings. The van der Waals surface area contributed by atoms with E-state index in [0.29, 0.717) is 5.82 Å². The van der Waals surface area contributed by atoms with Gasteiger partial charge in [-0.05, 0) is 0 Å². The number of carboxylic acid groups (broad SMARTS) is 1. The number of hydrogen-bond donors (Lipinski definition) is 1. The van der Waals surface area contributed by atoms with Crippen molar-refractivity contribution in [2.24, 2.45) is 0 Å². The van der Waals surface area contributed by atoms with Gasteiger partial charge in [0.2, 0.25) is 21.1 Å². The molecule has 22 heavy (non-hydrogen) atoms. The van der Waals surface area contributed by atoms with Gasteiger partial charge in [0.25, 0.3) is 6.47 Å². The highest BCUT2D eigenvalue weighted by Crippen LogP contribution is 2.23. The maximum atomic E-state index is 11.8. The second-order valence-corrected chi connectivity index (χ2v) is 7.39. The van der Waals surface area contributed by atoms with Gasteiger partial charge >= 0.3 is 0 Å². The number of carbonyl (C=O) groups excluding carboxylic acids is 1. The predicted molar refractivity (Wildman–Crippen MR) is 83.6 cm³/mol. The van der Waals surface area contributed by atoms with Crippen LogP contribution in [0.1, 0.15) is 25.6 Å². The zero-order valence-electron chi connectivity index (χ0n) is 13.0. The molecular weight excluding hydrogens is 332 g/mol. The molecule has 0 fully saturated rings. The highest BCUT2D eigenvalue weighted by Gasteiger charge is 2.25. The number of nitrogens with zero attached hydrogens (tertiary/aromatic N) is 4. The Morgan fingerprint density at radius 2 is 1.91 bits per heavy atom. The predicted octanol–water partition coefficient (Wildman–Crippen LogP) is 0.217. The Kier molecular flexibility index (Phi) is 7.95. The molecule has 0 radical (unpaired) electrons. The van der Waals surface area contributed by atoms with E-state index in [4.69, 9.17) is 9.90 Å². The fourth-order valence-electron chi connectivity index (χ4n) is 1.15. The molecule has 0 aromatic carbocycles. The Balaban J connectivity index is 0.00000135. The van der Waals surface area contributed by atoms with Gasteiger partial charge < -0.3 is 10.0 Å². The lowest BCUT2D eigenvalue weighted by atomic mass is 10.2. The number of hydrogen-bond acceptors (Lipinski definition) is 7. The van der Waals surface area contributed by atoms with Crippen LogP contribution in [-0.2, 0) is 19.6 Å². The van der Waals surface area contributed by atoms with Crippen molar-refractivity contribution in [2.45, 2.75) is 19.8 Å². The molecule has 0 saturated carbocycles. The van der Waals surface area contributed by atoms with E-state index in [1.54, 1.807) is 14.1 Å². The van der Waals surface area contributed by atoms with E-state index in [-0.39, 0.29) is 30.0 Å². The molecule has 0 saturated heterocycles. The van der Waals surface area contributed by atoms with E-state index in [0.717, 1.165) is 22.1 Å². The Labute approximate surface area is 133 Å². The molecule has 0 bridgehead atoms. The Morgan fingerprint density at radius 3 is 2.23 bits per heavy atom. The molecule has 1 heterocycles. The van der Waals surface area contributed by atoms with Crippen molar-refractivity contribution in [3.05, 3.63) is 5.82 Å². The first-order chi connectivity index (χ1) is 10.0. The van der Waals surface area contributed by atoms with E-state index >= 15 is 0 Å². The average molecular weight is 352 g/mol. The van der Waals surface area contributed by atoms with E-state index < -0.39 is 10.0 Å². The summed E-state index contributed by atoms with van der Waals surface area (Å²) in [5.41, 5.74) is 0. The summed E-state index contributed by atoms with van der Waals surface area (Å²) in [6.45, 7) is 3.32. The molecule has 0 aliphatic carbocycles. The number of rotatable bonds is 5. The van der Waals surface area contributed by atoms with Crippen LogP contribution in [0.3, 0.4) is 0 Å². The first-order valence-electron chi connectivity index (χ1n) is 6.13. The summed E-state index contributed by atoms with van der Waals surface area (Å²) in [4.78, 5) is 25.6. The molecule has 0 unspecified atom stereocenters. The molecule has 0 aliphatic heterocycles. The molecule has 1 amide bonds. The second-order valence-electron chi connectivity index (χ2n) is 4.75. The smallest absolute Gasteiger partial charge is 0.290 e. The normalized spacial score (nSPS) is 10.6. The van der Waals surface area contributed by atoms with Crippen LogP contribution in [0.4, 0.5) is 5.13 Å². The minimum Gasteiger partial charge on any atom is -0.483 e. The quantitative estimate of drug-likeness (QED) is 0.752. The van der Waals surface area contributed by atoms with Crippen LogP contribution < -0.4 is 4.31 Å². The molecule has 11 heteroatoms. The number of anilines is 1. The van der Waals surface area contributed by atoms with Crippen LogP contribution in [0.15, 0.2) is 0 Å². The molecule has 9 nitrogen and oxygen atoms in total. The van der Waals surface area contributed by atoms with Gasteiger partial charge in [0.05, 0.1) is 6.26 Å². The molecule has 1 rings (SSSR count). The van der Waals surface area contributed by atoms with Crippen LogP contribution >= 0.6 is 11.5 Å². The minimum absolute atomic E-state index is 0.107. The second kappa shape index (κ2) is 8.63. The third-order valence-corrected chi connectivity index (χ3v) is 4.31. The van der Waals surface area contributed by atoms with Gasteiger partial charge in [-0.3, -0.25) is 9.59 Å². The van der Waals surface area contributed by atoms with E-state index in [1.165, 1.54) is 4.90 Å². The molecule has 0 atom stereocenters. The zero-order valence-corrected chi connectivity index (χ0v) is 14.7. The van der Waals surface area contributed by atoms with Crippen LogP contribution in [0.5, 0.6) is 0 Å². The van der Waals surface area contributed by atoms with Crippen LogP contribution in [-0.4, -0.2) is 67.1 Å². The summed E-state index contributed by atoms with van der Waals surface area (Å²) >= 11 is 0.981. The lowest BCUT2D eigenvalue weighted by Crippen LogP contribution is -2.39. The summed E-state index contributed by atoms with van der Waals surface area (Å²) in [5.74, 6) is 0.369. The van der Waals surface area contributed by atoms with Crippen molar-refractivity contribution in [1.82, 2.24) is 14.3 Å². The number of aromatic nitrogens is 2. The fraction of sp³-hybridized carbons (Fsp3) is 0.636. The number of sulfonamides is 1. The maximum Gasteiger partial charge on any atom is 0.290 e. The van der Waals surface area contributed by atoms with Crippen LogP contribution in [0.25, 0.3) is 0 Å². The van der Waals surface area contributed by atoms with Gasteiger partial charge in [0.15, 0.2) is 0 Å².